The number of likely N-dealkylation sites (tertiary alicyclic amines) is 1. The van der Waals surface area contributed by atoms with Crippen molar-refractivity contribution in [2.45, 2.75) is 23.8 Å². The van der Waals surface area contributed by atoms with E-state index in [1.54, 1.807) is 16.2 Å². The van der Waals surface area contributed by atoms with Crippen LogP contribution >= 0.6 is 11.3 Å². The second-order valence-corrected chi connectivity index (χ2v) is 10.4. The van der Waals surface area contributed by atoms with Crippen LogP contribution < -0.4 is 0 Å². The van der Waals surface area contributed by atoms with E-state index in [1.807, 2.05) is 11.4 Å². The summed E-state index contributed by atoms with van der Waals surface area (Å²) in [6.07, 6.45) is 2.09. The Kier molecular flexibility index (Phi) is 6.19. The number of benzene rings is 1. The number of halogens is 2. The minimum absolute atomic E-state index is 0.0108. The minimum atomic E-state index is -3.93. The summed E-state index contributed by atoms with van der Waals surface area (Å²) in [5.41, 5.74) is 0. The highest BCUT2D eigenvalue weighted by Crippen LogP contribution is 2.34. The number of rotatable bonds is 5. The van der Waals surface area contributed by atoms with Crippen LogP contribution in [0.15, 0.2) is 40.6 Å². The zero-order valence-corrected chi connectivity index (χ0v) is 18.0. The molecule has 0 saturated carbocycles. The van der Waals surface area contributed by atoms with Crippen molar-refractivity contribution in [3.63, 3.8) is 0 Å². The van der Waals surface area contributed by atoms with Gasteiger partial charge in [-0.05, 0) is 49.0 Å². The normalized spacial score (nSPS) is 21.3. The van der Waals surface area contributed by atoms with Crippen molar-refractivity contribution < 1.29 is 22.0 Å². The van der Waals surface area contributed by atoms with Crippen molar-refractivity contribution in [2.24, 2.45) is 0 Å². The average Bonchev–Trinajstić information content (AvgIpc) is 3.41. The zero-order chi connectivity index (χ0) is 21.3. The molecule has 1 aromatic heterocycles. The first-order valence-corrected chi connectivity index (χ1v) is 12.2. The van der Waals surface area contributed by atoms with Crippen molar-refractivity contribution in [2.75, 3.05) is 39.3 Å². The molecular formula is C20H23F2N3O3S2. The quantitative estimate of drug-likeness (QED) is 0.696. The number of sulfonamides is 1. The van der Waals surface area contributed by atoms with Crippen molar-refractivity contribution >= 4 is 27.3 Å². The van der Waals surface area contributed by atoms with E-state index in [0.29, 0.717) is 12.6 Å². The smallest absolute Gasteiger partial charge is 0.243 e. The predicted octanol–water partition coefficient (Wildman–Crippen LogP) is 2.70. The van der Waals surface area contributed by atoms with Crippen molar-refractivity contribution in [1.29, 1.82) is 0 Å². The molecule has 2 aromatic rings. The largest absolute Gasteiger partial charge is 0.339 e. The molecule has 4 rings (SSSR count). The molecule has 162 valence electrons. The Morgan fingerprint density at radius 1 is 1.07 bits per heavy atom. The number of nitrogens with zero attached hydrogens (tertiary/aromatic N) is 3. The van der Waals surface area contributed by atoms with Crippen molar-refractivity contribution in [1.82, 2.24) is 14.1 Å². The second-order valence-electron chi connectivity index (χ2n) is 7.50. The SMILES string of the molecule is O=C(CN1CCC[C@@H]1c1cccs1)N1CCN(S(=O)(=O)c2ccc(F)c(F)c2)CC1. The number of hydrogen-bond acceptors (Lipinski definition) is 5. The van der Waals surface area contributed by atoms with Gasteiger partial charge in [0.05, 0.1) is 11.4 Å². The first kappa shape index (κ1) is 21.4. The molecule has 1 atom stereocenters. The predicted molar refractivity (Wildman–Crippen MR) is 110 cm³/mol. The summed E-state index contributed by atoms with van der Waals surface area (Å²) < 4.78 is 53.2. The Morgan fingerprint density at radius 2 is 1.83 bits per heavy atom. The number of thiophene rings is 1. The summed E-state index contributed by atoms with van der Waals surface area (Å²) in [5, 5.41) is 2.04. The van der Waals surface area contributed by atoms with Gasteiger partial charge in [-0.25, -0.2) is 17.2 Å². The number of carbonyl (C=O) groups excluding carboxylic acids is 1. The Bertz CT molecular complexity index is 1010. The fourth-order valence-corrected chi connectivity index (χ4v) is 6.39. The van der Waals surface area contributed by atoms with Crippen LogP contribution in [0, 0.1) is 11.6 Å². The van der Waals surface area contributed by atoms with Crippen LogP contribution in [-0.4, -0.2) is 67.7 Å². The van der Waals surface area contributed by atoms with Crippen LogP contribution in [0.5, 0.6) is 0 Å². The fraction of sp³-hybridized carbons (Fsp3) is 0.450. The van der Waals surface area contributed by atoms with E-state index in [4.69, 9.17) is 0 Å². The van der Waals surface area contributed by atoms with E-state index in [0.717, 1.165) is 31.5 Å². The lowest BCUT2D eigenvalue weighted by Gasteiger charge is -2.35. The molecule has 3 heterocycles. The third kappa shape index (κ3) is 4.27. The van der Waals surface area contributed by atoms with E-state index in [2.05, 4.69) is 11.0 Å². The van der Waals surface area contributed by atoms with Crippen LogP contribution in [-0.2, 0) is 14.8 Å². The molecule has 0 aliphatic carbocycles. The van der Waals surface area contributed by atoms with Gasteiger partial charge in [0.25, 0.3) is 0 Å². The molecule has 1 amide bonds. The third-order valence-electron chi connectivity index (χ3n) is 5.69. The molecule has 0 bridgehead atoms. The van der Waals surface area contributed by atoms with E-state index in [1.165, 1.54) is 9.18 Å². The lowest BCUT2D eigenvalue weighted by molar-refractivity contribution is -0.133. The molecule has 0 unspecified atom stereocenters. The maximum absolute atomic E-state index is 13.5. The van der Waals surface area contributed by atoms with Crippen molar-refractivity contribution in [3.8, 4) is 0 Å². The van der Waals surface area contributed by atoms with Crippen molar-refractivity contribution in [3.05, 3.63) is 52.2 Å². The molecule has 0 spiro atoms. The molecule has 6 nitrogen and oxygen atoms in total. The highest BCUT2D eigenvalue weighted by atomic mass is 32.2. The lowest BCUT2D eigenvalue weighted by Crippen LogP contribution is -2.52. The van der Waals surface area contributed by atoms with E-state index in [9.17, 15) is 22.0 Å². The van der Waals surface area contributed by atoms with Crippen LogP contribution in [0.4, 0.5) is 8.78 Å². The number of hydrogen-bond donors (Lipinski definition) is 0. The monoisotopic (exact) mass is 455 g/mol. The van der Waals surface area contributed by atoms with Crippen LogP contribution in [0.2, 0.25) is 0 Å². The molecule has 10 heteroatoms. The molecule has 2 fully saturated rings. The van der Waals surface area contributed by atoms with Gasteiger partial charge in [0.2, 0.25) is 15.9 Å². The Morgan fingerprint density at radius 3 is 2.50 bits per heavy atom. The Balaban J connectivity index is 1.36. The molecule has 30 heavy (non-hydrogen) atoms. The van der Waals surface area contributed by atoms with Gasteiger partial charge in [0.15, 0.2) is 11.6 Å². The van der Waals surface area contributed by atoms with E-state index >= 15 is 0 Å². The van der Waals surface area contributed by atoms with Gasteiger partial charge in [0, 0.05) is 37.1 Å². The summed E-state index contributed by atoms with van der Waals surface area (Å²) in [4.78, 5) is 17.7. The summed E-state index contributed by atoms with van der Waals surface area (Å²) >= 11 is 1.70. The molecule has 2 aliphatic heterocycles. The van der Waals surface area contributed by atoms with Gasteiger partial charge in [-0.1, -0.05) is 6.07 Å². The summed E-state index contributed by atoms with van der Waals surface area (Å²) in [6.45, 7) is 2.00. The summed E-state index contributed by atoms with van der Waals surface area (Å²) in [7, 11) is -3.93. The molecule has 2 saturated heterocycles. The van der Waals surface area contributed by atoms with Gasteiger partial charge in [0.1, 0.15) is 0 Å². The first-order chi connectivity index (χ1) is 14.4. The van der Waals surface area contributed by atoms with Gasteiger partial charge < -0.3 is 4.90 Å². The van der Waals surface area contributed by atoms with Gasteiger partial charge in [-0.15, -0.1) is 11.3 Å². The number of piperazine rings is 1. The number of carbonyl (C=O) groups is 1. The third-order valence-corrected chi connectivity index (χ3v) is 8.56. The van der Waals surface area contributed by atoms with Crippen LogP contribution in [0.3, 0.4) is 0 Å². The van der Waals surface area contributed by atoms with Crippen LogP contribution in [0.25, 0.3) is 0 Å². The molecule has 1 aromatic carbocycles. The maximum Gasteiger partial charge on any atom is 0.243 e. The average molecular weight is 456 g/mol. The zero-order valence-electron chi connectivity index (χ0n) is 16.3. The summed E-state index contributed by atoms with van der Waals surface area (Å²) in [5.74, 6) is -2.30. The first-order valence-electron chi connectivity index (χ1n) is 9.86. The maximum atomic E-state index is 13.5. The fourth-order valence-electron chi connectivity index (χ4n) is 4.06. The second kappa shape index (κ2) is 8.70. The molecule has 2 aliphatic rings. The summed E-state index contributed by atoms with van der Waals surface area (Å²) in [6, 6.07) is 6.94. The molecule has 0 N–H and O–H groups in total. The Hall–Kier alpha value is -1.88. The molecule has 0 radical (unpaired) electrons. The van der Waals surface area contributed by atoms with Gasteiger partial charge in [-0.2, -0.15) is 4.31 Å². The van der Waals surface area contributed by atoms with Crippen LogP contribution in [0.1, 0.15) is 23.8 Å². The molecular weight excluding hydrogens is 432 g/mol. The number of amides is 1. The van der Waals surface area contributed by atoms with Gasteiger partial charge >= 0.3 is 0 Å². The Labute approximate surface area is 178 Å². The highest BCUT2D eigenvalue weighted by molar-refractivity contribution is 7.89. The standard InChI is InChI=1S/C20H23F2N3O3S2/c21-16-6-5-15(13-17(16)22)30(27,28)25-10-8-23(9-11-25)20(26)14-24-7-1-3-18(24)19-4-2-12-29-19/h2,4-6,12-13,18H,1,3,7-11,14H2/t18-/m1/s1. The lowest BCUT2D eigenvalue weighted by atomic mass is 10.2. The van der Waals surface area contributed by atoms with Gasteiger partial charge in [-0.3, -0.25) is 9.69 Å². The van der Waals surface area contributed by atoms with E-state index < -0.39 is 21.7 Å². The minimum Gasteiger partial charge on any atom is -0.339 e. The topological polar surface area (TPSA) is 60.9 Å². The van der Waals surface area contributed by atoms with E-state index in [-0.39, 0.29) is 43.0 Å². The highest BCUT2D eigenvalue weighted by Gasteiger charge is 2.33.